The lowest BCUT2D eigenvalue weighted by molar-refractivity contribution is -0.258. The number of benzene rings is 2. The van der Waals surface area contributed by atoms with Crippen LogP contribution in [0.15, 0.2) is 48.5 Å². The molecule has 1 amide bonds. The Morgan fingerprint density at radius 2 is 1.53 bits per heavy atom. The fourth-order valence-corrected chi connectivity index (χ4v) is 4.70. The zero-order valence-corrected chi connectivity index (χ0v) is 18.8. The van der Waals surface area contributed by atoms with E-state index in [-0.39, 0.29) is 42.0 Å². The van der Waals surface area contributed by atoms with Crippen LogP contribution in [0.4, 0.5) is 17.6 Å². The van der Waals surface area contributed by atoms with Gasteiger partial charge in [0.15, 0.2) is 5.60 Å². The normalized spacial score (nSPS) is 24.7. The number of amides is 1. The van der Waals surface area contributed by atoms with Gasteiger partial charge in [-0.3, -0.25) is 4.79 Å². The summed E-state index contributed by atoms with van der Waals surface area (Å²) in [5.74, 6) is -0.282. The molecule has 2 aromatic carbocycles. The van der Waals surface area contributed by atoms with Crippen LogP contribution in [-0.4, -0.2) is 34.2 Å². The summed E-state index contributed by atoms with van der Waals surface area (Å²) in [6, 6.07) is 13.3. The molecule has 0 radical (unpaired) electrons. The van der Waals surface area contributed by atoms with Crippen LogP contribution >= 0.6 is 0 Å². The summed E-state index contributed by atoms with van der Waals surface area (Å²) in [5, 5.41) is 18.8. The maximum absolute atomic E-state index is 15.7. The number of carbonyl (C=O) groups is 1. The van der Waals surface area contributed by atoms with Gasteiger partial charge in [0.2, 0.25) is 0 Å². The second-order valence-electron chi connectivity index (χ2n) is 9.48. The molecule has 1 N–H and O–H groups in total. The number of aliphatic hydroxyl groups is 1. The van der Waals surface area contributed by atoms with Crippen LogP contribution in [0.5, 0.6) is 0 Å². The minimum absolute atomic E-state index is 0.0532. The summed E-state index contributed by atoms with van der Waals surface area (Å²) < 4.78 is 55.0. The summed E-state index contributed by atoms with van der Waals surface area (Å²) in [7, 11) is 0. The summed E-state index contributed by atoms with van der Waals surface area (Å²) in [6.45, 7) is 0.680. The van der Waals surface area contributed by atoms with Gasteiger partial charge in [0, 0.05) is 17.6 Å². The number of nitrogens with zero attached hydrogens (tertiary/aromatic N) is 2. The smallest absolute Gasteiger partial charge is 0.376 e. The van der Waals surface area contributed by atoms with Crippen LogP contribution in [0.3, 0.4) is 0 Å². The molecular formula is C26H26F4N2O2. The van der Waals surface area contributed by atoms with Crippen molar-refractivity contribution in [2.45, 2.75) is 75.0 Å². The number of carbonyl (C=O) groups excluding carboxylic acids is 1. The predicted molar refractivity (Wildman–Crippen MR) is 117 cm³/mol. The molecule has 2 saturated carbocycles. The van der Waals surface area contributed by atoms with Gasteiger partial charge in [0.25, 0.3) is 5.91 Å². The summed E-state index contributed by atoms with van der Waals surface area (Å²) in [5.41, 5.74) is -3.62. The van der Waals surface area contributed by atoms with Gasteiger partial charge in [0.05, 0.1) is 11.6 Å². The Bertz CT molecular complexity index is 1080. The van der Waals surface area contributed by atoms with E-state index in [2.05, 4.69) is 0 Å². The van der Waals surface area contributed by atoms with Crippen molar-refractivity contribution in [3.05, 3.63) is 70.8 Å². The lowest BCUT2D eigenvalue weighted by Crippen LogP contribution is -2.45. The van der Waals surface area contributed by atoms with E-state index in [0.717, 1.165) is 25.0 Å². The van der Waals surface area contributed by atoms with Gasteiger partial charge in [-0.2, -0.15) is 18.4 Å². The molecule has 4 nitrogen and oxygen atoms in total. The van der Waals surface area contributed by atoms with Crippen molar-refractivity contribution in [1.82, 2.24) is 4.90 Å². The lowest BCUT2D eigenvalue weighted by atomic mass is 9.78. The number of halogens is 4. The Hall–Kier alpha value is -2.92. The van der Waals surface area contributed by atoms with E-state index in [1.165, 1.54) is 12.1 Å². The van der Waals surface area contributed by atoms with Crippen LogP contribution in [0.2, 0.25) is 0 Å². The molecule has 2 aromatic rings. The van der Waals surface area contributed by atoms with Crippen molar-refractivity contribution in [2.75, 3.05) is 0 Å². The van der Waals surface area contributed by atoms with Gasteiger partial charge < -0.3 is 10.0 Å². The number of rotatable bonds is 5. The third kappa shape index (κ3) is 4.54. The first-order valence-corrected chi connectivity index (χ1v) is 11.4. The third-order valence-corrected chi connectivity index (χ3v) is 7.09. The number of nitriles is 1. The Labute approximate surface area is 195 Å². The standard InChI is InChI=1S/C26H26F4N2O2/c1-24(34,26(28,29)30)19-8-4-18(5-9-19)23(33)32(21-10-11-21)22-12-14-25(27,15-13-22)20-6-2-17(16-31)3-7-20/h2-9,21-22,34H,10-15H2,1H3/t22?,24-,25?/m0/s1. The molecule has 4 rings (SSSR count). The average Bonchev–Trinajstić information content (AvgIpc) is 3.65. The van der Waals surface area contributed by atoms with E-state index in [9.17, 15) is 23.1 Å². The summed E-state index contributed by atoms with van der Waals surface area (Å²) >= 11 is 0. The van der Waals surface area contributed by atoms with E-state index >= 15 is 4.39 Å². The quantitative estimate of drug-likeness (QED) is 0.562. The number of hydrogen-bond donors (Lipinski definition) is 1. The third-order valence-electron chi connectivity index (χ3n) is 7.09. The van der Waals surface area contributed by atoms with Gasteiger partial charge in [-0.1, -0.05) is 24.3 Å². The van der Waals surface area contributed by atoms with Crippen molar-refractivity contribution in [1.29, 1.82) is 5.26 Å². The number of hydrogen-bond acceptors (Lipinski definition) is 3. The van der Waals surface area contributed by atoms with Crippen LogP contribution in [0, 0.1) is 11.3 Å². The molecule has 0 aromatic heterocycles. The molecule has 8 heteroatoms. The largest absolute Gasteiger partial charge is 0.421 e. The Morgan fingerprint density at radius 3 is 2.00 bits per heavy atom. The second-order valence-corrected chi connectivity index (χ2v) is 9.48. The molecule has 0 saturated heterocycles. The van der Waals surface area contributed by atoms with Crippen molar-refractivity contribution >= 4 is 5.91 Å². The lowest BCUT2D eigenvalue weighted by Gasteiger charge is -2.40. The molecule has 0 unspecified atom stereocenters. The maximum Gasteiger partial charge on any atom is 0.421 e. The van der Waals surface area contributed by atoms with E-state index in [4.69, 9.17) is 5.26 Å². The second kappa shape index (κ2) is 8.70. The van der Waals surface area contributed by atoms with E-state index < -0.39 is 17.4 Å². The molecule has 0 bridgehead atoms. The maximum atomic E-state index is 15.7. The summed E-state index contributed by atoms with van der Waals surface area (Å²) in [6.07, 6.45) is -1.71. The van der Waals surface area contributed by atoms with E-state index in [1.54, 1.807) is 29.2 Å². The fraction of sp³-hybridized carbons (Fsp3) is 0.462. The first-order chi connectivity index (χ1) is 16.0. The molecule has 1 atom stereocenters. The van der Waals surface area contributed by atoms with Gasteiger partial charge in [-0.15, -0.1) is 0 Å². The zero-order valence-electron chi connectivity index (χ0n) is 18.8. The minimum Gasteiger partial charge on any atom is -0.376 e. The zero-order chi connectivity index (χ0) is 24.7. The highest BCUT2D eigenvalue weighted by molar-refractivity contribution is 5.95. The summed E-state index contributed by atoms with van der Waals surface area (Å²) in [4.78, 5) is 15.1. The van der Waals surface area contributed by atoms with Crippen molar-refractivity contribution < 1.29 is 27.5 Å². The van der Waals surface area contributed by atoms with E-state index in [0.29, 0.717) is 30.9 Å². The topological polar surface area (TPSA) is 64.3 Å². The van der Waals surface area contributed by atoms with Crippen LogP contribution in [-0.2, 0) is 11.3 Å². The number of alkyl halides is 4. The Balaban J connectivity index is 1.48. The predicted octanol–water partition coefficient (Wildman–Crippen LogP) is 5.74. The highest BCUT2D eigenvalue weighted by atomic mass is 19.4. The minimum atomic E-state index is -4.84. The molecule has 0 heterocycles. The van der Waals surface area contributed by atoms with Gasteiger partial charge in [0.1, 0.15) is 5.67 Å². The first-order valence-electron chi connectivity index (χ1n) is 11.4. The van der Waals surface area contributed by atoms with Gasteiger partial charge in [-0.05, 0) is 80.8 Å². The molecule has 34 heavy (non-hydrogen) atoms. The Kier molecular flexibility index (Phi) is 6.19. The molecule has 2 fully saturated rings. The SMILES string of the molecule is C[C@](O)(c1ccc(C(=O)N(C2CC2)C2CCC(F)(c3ccc(C#N)cc3)CC2)cc1)C(F)(F)F. The molecule has 2 aliphatic carbocycles. The average molecular weight is 474 g/mol. The first kappa shape index (κ1) is 24.2. The molecule has 2 aliphatic rings. The van der Waals surface area contributed by atoms with Gasteiger partial charge >= 0.3 is 6.18 Å². The Morgan fingerprint density at radius 1 is 1.00 bits per heavy atom. The van der Waals surface area contributed by atoms with Crippen LogP contribution < -0.4 is 0 Å². The van der Waals surface area contributed by atoms with Gasteiger partial charge in [-0.25, -0.2) is 4.39 Å². The molecule has 0 aliphatic heterocycles. The van der Waals surface area contributed by atoms with Crippen molar-refractivity contribution in [3.8, 4) is 6.07 Å². The van der Waals surface area contributed by atoms with Crippen molar-refractivity contribution in [2.24, 2.45) is 0 Å². The van der Waals surface area contributed by atoms with Crippen LogP contribution in [0.1, 0.15) is 72.5 Å². The molecule has 180 valence electrons. The highest BCUT2D eigenvalue weighted by Gasteiger charge is 2.51. The molecular weight excluding hydrogens is 448 g/mol. The van der Waals surface area contributed by atoms with E-state index in [1.807, 2.05) is 6.07 Å². The highest BCUT2D eigenvalue weighted by Crippen LogP contribution is 2.44. The molecule has 0 spiro atoms. The van der Waals surface area contributed by atoms with Crippen molar-refractivity contribution in [3.63, 3.8) is 0 Å². The fourth-order valence-electron chi connectivity index (χ4n) is 4.70. The monoisotopic (exact) mass is 474 g/mol. The van der Waals surface area contributed by atoms with Crippen LogP contribution in [0.25, 0.3) is 0 Å².